The predicted molar refractivity (Wildman–Crippen MR) is 214 cm³/mol. The average Bonchev–Trinajstić information content (AvgIpc) is 3.85. The Labute approximate surface area is 305 Å². The Morgan fingerprint density at radius 1 is 0.396 bits per heavy atom. The zero-order chi connectivity index (χ0) is 35.3. The Kier molecular flexibility index (Phi) is 6.23. The van der Waals surface area contributed by atoms with Crippen LogP contribution in [0.1, 0.15) is 25.0 Å². The molecular weight excluding hydrogens is 651 g/mol. The van der Waals surface area contributed by atoms with Crippen molar-refractivity contribution in [2.45, 2.75) is 19.3 Å². The largest absolute Gasteiger partial charge is 0.456 e. The van der Waals surface area contributed by atoms with Crippen LogP contribution in [0.2, 0.25) is 0 Å². The number of hydrogen-bond acceptors (Lipinski definition) is 5. The van der Waals surface area contributed by atoms with Crippen LogP contribution >= 0.6 is 0 Å². The molecule has 7 aromatic carbocycles. The quantitative estimate of drug-likeness (QED) is 0.185. The molecule has 1 aliphatic carbocycles. The Morgan fingerprint density at radius 3 is 1.87 bits per heavy atom. The Bertz CT molecular complexity index is 3100. The first-order chi connectivity index (χ1) is 26.0. The number of rotatable bonds is 4. The summed E-state index contributed by atoms with van der Waals surface area (Å²) >= 11 is 0. The minimum atomic E-state index is -0.137. The molecule has 0 radical (unpaired) electrons. The molecule has 3 heterocycles. The van der Waals surface area contributed by atoms with Crippen LogP contribution < -0.4 is 0 Å². The number of nitrogens with zero attached hydrogens (tertiary/aromatic N) is 3. The first-order valence-corrected chi connectivity index (χ1v) is 17.9. The highest BCUT2D eigenvalue weighted by atomic mass is 16.3. The Hall–Kier alpha value is -6.85. The molecule has 250 valence electrons. The fourth-order valence-electron chi connectivity index (χ4n) is 8.48. The summed E-state index contributed by atoms with van der Waals surface area (Å²) < 4.78 is 12.7. The van der Waals surface area contributed by atoms with Gasteiger partial charge in [-0.2, -0.15) is 0 Å². The lowest BCUT2D eigenvalue weighted by Crippen LogP contribution is -2.16. The summed E-state index contributed by atoms with van der Waals surface area (Å²) in [5, 5.41) is 4.08. The molecule has 53 heavy (non-hydrogen) atoms. The molecule has 0 saturated heterocycles. The van der Waals surface area contributed by atoms with Gasteiger partial charge in [-0.1, -0.05) is 123 Å². The second-order valence-electron chi connectivity index (χ2n) is 14.4. The van der Waals surface area contributed by atoms with Gasteiger partial charge in [0.05, 0.1) is 0 Å². The van der Waals surface area contributed by atoms with Crippen molar-refractivity contribution >= 4 is 43.9 Å². The second kappa shape index (κ2) is 11.1. The third-order valence-electron chi connectivity index (χ3n) is 10.9. The van der Waals surface area contributed by atoms with Gasteiger partial charge in [-0.3, -0.25) is 0 Å². The minimum Gasteiger partial charge on any atom is -0.456 e. The minimum absolute atomic E-state index is 0.137. The van der Waals surface area contributed by atoms with Gasteiger partial charge in [0.15, 0.2) is 17.5 Å². The van der Waals surface area contributed by atoms with E-state index in [2.05, 4.69) is 92.7 Å². The van der Waals surface area contributed by atoms with Crippen molar-refractivity contribution in [2.24, 2.45) is 0 Å². The Morgan fingerprint density at radius 2 is 0.981 bits per heavy atom. The summed E-state index contributed by atoms with van der Waals surface area (Å²) in [7, 11) is 0. The van der Waals surface area contributed by atoms with E-state index in [1.54, 1.807) is 0 Å². The highest BCUT2D eigenvalue weighted by molar-refractivity contribution is 6.13. The zero-order valence-corrected chi connectivity index (χ0v) is 29.1. The molecular formula is C48H31N3O2. The lowest BCUT2D eigenvalue weighted by atomic mass is 9.79. The van der Waals surface area contributed by atoms with Crippen LogP contribution in [0, 0.1) is 0 Å². The molecule has 0 saturated carbocycles. The lowest BCUT2D eigenvalue weighted by molar-refractivity contribution is 0.662. The molecule has 0 N–H and O–H groups in total. The van der Waals surface area contributed by atoms with Crippen molar-refractivity contribution < 1.29 is 8.83 Å². The molecule has 5 nitrogen and oxygen atoms in total. The summed E-state index contributed by atoms with van der Waals surface area (Å²) in [4.78, 5) is 15.4. The van der Waals surface area contributed by atoms with Gasteiger partial charge in [-0.25, -0.2) is 15.0 Å². The van der Waals surface area contributed by atoms with E-state index in [1.807, 2.05) is 72.8 Å². The standard InChI is InChI=1S/C48H31N3O2/c1-48(2)38-19-8-6-14-32(38)34-17-10-16-31(44(34)48)29-22-24-41-37(26-29)43-35(18-11-21-42(43)53-41)47-50-45(28-12-4-3-5-13-28)49-46(51-47)30-23-25-40-36(27-30)33-15-7-9-20-39(33)52-40/h3-27H,1-2H3. The molecule has 1 aliphatic rings. The molecule has 5 heteroatoms. The monoisotopic (exact) mass is 681 g/mol. The number of benzene rings is 7. The number of fused-ring (bicyclic) bond motifs is 9. The first-order valence-electron chi connectivity index (χ1n) is 17.9. The molecule has 3 aromatic heterocycles. The van der Waals surface area contributed by atoms with Crippen LogP contribution in [-0.4, -0.2) is 15.0 Å². The van der Waals surface area contributed by atoms with E-state index < -0.39 is 0 Å². The SMILES string of the molecule is CC1(C)c2ccccc2-c2cccc(-c3ccc4oc5cccc(-c6nc(-c7ccccc7)nc(-c7ccc8oc9ccccc9c8c7)n6)c5c4c3)c21. The van der Waals surface area contributed by atoms with E-state index in [-0.39, 0.29) is 5.41 Å². The number of hydrogen-bond donors (Lipinski definition) is 0. The van der Waals surface area contributed by atoms with Gasteiger partial charge in [0.2, 0.25) is 0 Å². The van der Waals surface area contributed by atoms with Crippen LogP contribution in [0.3, 0.4) is 0 Å². The number of aromatic nitrogens is 3. The van der Waals surface area contributed by atoms with E-state index in [9.17, 15) is 0 Å². The maximum Gasteiger partial charge on any atom is 0.164 e. The van der Waals surface area contributed by atoms with Gasteiger partial charge in [0, 0.05) is 43.7 Å². The fourth-order valence-corrected chi connectivity index (χ4v) is 8.48. The van der Waals surface area contributed by atoms with Gasteiger partial charge in [-0.15, -0.1) is 0 Å². The highest BCUT2D eigenvalue weighted by Crippen LogP contribution is 2.52. The highest BCUT2D eigenvalue weighted by Gasteiger charge is 2.37. The van der Waals surface area contributed by atoms with Crippen LogP contribution in [-0.2, 0) is 5.41 Å². The fraction of sp³-hybridized carbons (Fsp3) is 0.0625. The normalized spacial score (nSPS) is 13.2. The topological polar surface area (TPSA) is 65.0 Å². The van der Waals surface area contributed by atoms with Gasteiger partial charge >= 0.3 is 0 Å². The number of para-hydroxylation sites is 1. The zero-order valence-electron chi connectivity index (χ0n) is 29.1. The molecule has 0 fully saturated rings. The van der Waals surface area contributed by atoms with Crippen LogP contribution in [0.4, 0.5) is 0 Å². The van der Waals surface area contributed by atoms with Crippen LogP contribution in [0.15, 0.2) is 160 Å². The van der Waals surface area contributed by atoms with E-state index in [0.717, 1.165) is 66.1 Å². The molecule has 0 aliphatic heterocycles. The van der Waals surface area contributed by atoms with E-state index in [0.29, 0.717) is 17.5 Å². The van der Waals surface area contributed by atoms with Gasteiger partial charge in [0.25, 0.3) is 0 Å². The summed E-state index contributed by atoms with van der Waals surface area (Å²) in [6.45, 7) is 4.67. The third kappa shape index (κ3) is 4.47. The Balaban J connectivity index is 1.12. The molecule has 0 atom stereocenters. The van der Waals surface area contributed by atoms with Crippen LogP contribution in [0.5, 0.6) is 0 Å². The van der Waals surface area contributed by atoms with Crippen molar-refractivity contribution in [1.29, 1.82) is 0 Å². The maximum atomic E-state index is 6.52. The summed E-state index contributed by atoms with van der Waals surface area (Å²) in [5.74, 6) is 1.78. The molecule has 0 unspecified atom stereocenters. The predicted octanol–water partition coefficient (Wildman–Crippen LogP) is 12.6. The number of furan rings is 2. The van der Waals surface area contributed by atoms with Crippen molar-refractivity contribution in [3.8, 4) is 56.4 Å². The molecule has 0 spiro atoms. The van der Waals surface area contributed by atoms with Gasteiger partial charge < -0.3 is 8.83 Å². The third-order valence-corrected chi connectivity index (χ3v) is 10.9. The van der Waals surface area contributed by atoms with Gasteiger partial charge in [0.1, 0.15) is 22.3 Å². The molecule has 11 rings (SSSR count). The maximum absolute atomic E-state index is 6.52. The van der Waals surface area contributed by atoms with E-state index in [4.69, 9.17) is 23.8 Å². The van der Waals surface area contributed by atoms with E-state index in [1.165, 1.54) is 27.8 Å². The summed E-state index contributed by atoms with van der Waals surface area (Å²) in [5.41, 5.74) is 13.5. The second-order valence-corrected chi connectivity index (χ2v) is 14.4. The summed E-state index contributed by atoms with van der Waals surface area (Å²) in [6.07, 6.45) is 0. The van der Waals surface area contributed by atoms with Crippen molar-refractivity contribution in [3.05, 3.63) is 163 Å². The lowest BCUT2D eigenvalue weighted by Gasteiger charge is -2.24. The van der Waals surface area contributed by atoms with Crippen molar-refractivity contribution in [1.82, 2.24) is 15.0 Å². The van der Waals surface area contributed by atoms with Crippen LogP contribution in [0.25, 0.3) is 100 Å². The van der Waals surface area contributed by atoms with Gasteiger partial charge in [-0.05, 0) is 75.8 Å². The molecule has 10 aromatic rings. The average molecular weight is 682 g/mol. The molecule has 0 amide bonds. The summed E-state index contributed by atoms with van der Waals surface area (Å²) in [6, 6.07) is 52.5. The first kappa shape index (κ1) is 29.8. The smallest absolute Gasteiger partial charge is 0.164 e. The van der Waals surface area contributed by atoms with Crippen molar-refractivity contribution in [2.75, 3.05) is 0 Å². The molecule has 0 bridgehead atoms. The van der Waals surface area contributed by atoms with Crippen molar-refractivity contribution in [3.63, 3.8) is 0 Å². The van der Waals surface area contributed by atoms with E-state index >= 15 is 0 Å².